The van der Waals surface area contributed by atoms with Crippen LogP contribution in [0.25, 0.3) is 11.2 Å². The van der Waals surface area contributed by atoms with Crippen LogP contribution >= 0.6 is 23.2 Å². The van der Waals surface area contributed by atoms with Gasteiger partial charge in [0, 0.05) is 18.6 Å². The molecular formula is C27H30Cl2F3N5O2. The standard InChI is InChI=1S/C27H30Cl2F3N5O2/c28-21-10-3-16(27(30,31)32)13-20(21)25(39)34-17-4-1-15(2-5-17)14-33-26-35-22-11-12-23(29)36-24(22)37(26)18-6-8-19(38)9-7-18/h3,10-13,15,17-19,38H,1-2,4-9,14H2,(H,33,35)(H,34,39)/t15-,17-,18?,19?. The fraction of sp³-hybridized carbons (Fsp3) is 0.519. The Morgan fingerprint density at radius 1 is 1.00 bits per heavy atom. The molecule has 3 N–H and O–H groups in total. The molecule has 39 heavy (non-hydrogen) atoms. The van der Waals surface area contributed by atoms with E-state index in [1.165, 1.54) is 0 Å². The highest BCUT2D eigenvalue weighted by atomic mass is 35.5. The van der Waals surface area contributed by atoms with Crippen molar-refractivity contribution < 1.29 is 23.1 Å². The molecule has 1 aromatic carbocycles. The van der Waals surface area contributed by atoms with E-state index in [1.807, 2.05) is 6.07 Å². The Hall–Kier alpha value is -2.56. The van der Waals surface area contributed by atoms with Crippen molar-refractivity contribution in [2.24, 2.45) is 5.92 Å². The normalized spacial score (nSPS) is 24.1. The number of nitrogens with zero attached hydrogens (tertiary/aromatic N) is 3. The third-order valence-electron chi connectivity index (χ3n) is 7.80. The summed E-state index contributed by atoms with van der Waals surface area (Å²) in [5.41, 5.74) is 0.414. The Balaban J connectivity index is 1.20. The number of hydrogen-bond acceptors (Lipinski definition) is 5. The van der Waals surface area contributed by atoms with Gasteiger partial charge in [-0.1, -0.05) is 23.2 Å². The van der Waals surface area contributed by atoms with Crippen LogP contribution in [0.4, 0.5) is 19.1 Å². The van der Waals surface area contributed by atoms with Crippen LogP contribution in [0.5, 0.6) is 0 Å². The number of carbonyl (C=O) groups is 1. The predicted octanol–water partition coefficient (Wildman–Crippen LogP) is 6.63. The molecule has 0 atom stereocenters. The zero-order valence-corrected chi connectivity index (χ0v) is 22.7. The minimum Gasteiger partial charge on any atom is -0.393 e. The molecule has 0 radical (unpaired) electrons. The second-order valence-electron chi connectivity index (χ2n) is 10.5. The minimum atomic E-state index is -4.55. The largest absolute Gasteiger partial charge is 0.416 e. The Morgan fingerprint density at radius 2 is 1.72 bits per heavy atom. The van der Waals surface area contributed by atoms with Gasteiger partial charge in [-0.15, -0.1) is 0 Å². The molecule has 2 saturated carbocycles. The van der Waals surface area contributed by atoms with Crippen LogP contribution in [0, 0.1) is 5.92 Å². The number of pyridine rings is 1. The number of imidazole rings is 1. The monoisotopic (exact) mass is 583 g/mol. The first-order valence-electron chi connectivity index (χ1n) is 13.2. The van der Waals surface area contributed by atoms with Gasteiger partial charge in [0.15, 0.2) is 5.65 Å². The van der Waals surface area contributed by atoms with Gasteiger partial charge >= 0.3 is 6.18 Å². The van der Waals surface area contributed by atoms with Crippen molar-refractivity contribution in [2.75, 3.05) is 11.9 Å². The Bertz CT molecular complexity index is 1330. The molecule has 0 saturated heterocycles. The molecule has 2 aromatic heterocycles. The van der Waals surface area contributed by atoms with Crippen LogP contribution in [0.2, 0.25) is 10.2 Å². The Kier molecular flexibility index (Phi) is 8.26. The number of benzene rings is 1. The third kappa shape index (κ3) is 6.44. The van der Waals surface area contributed by atoms with E-state index in [4.69, 9.17) is 28.2 Å². The number of nitrogens with one attached hydrogen (secondary N) is 2. The van der Waals surface area contributed by atoms with Crippen LogP contribution in [-0.4, -0.2) is 44.2 Å². The van der Waals surface area contributed by atoms with Gasteiger partial charge in [0.05, 0.1) is 22.3 Å². The molecule has 3 aromatic rings. The van der Waals surface area contributed by atoms with Crippen LogP contribution in [0.3, 0.4) is 0 Å². The topological polar surface area (TPSA) is 92.1 Å². The minimum absolute atomic E-state index is 0.00970. The van der Waals surface area contributed by atoms with E-state index in [1.54, 1.807) is 6.07 Å². The quantitative estimate of drug-likeness (QED) is 0.283. The van der Waals surface area contributed by atoms with Crippen LogP contribution in [0.1, 0.15) is 73.3 Å². The molecule has 2 aliphatic rings. The molecule has 5 rings (SSSR count). The maximum Gasteiger partial charge on any atom is 0.416 e. The van der Waals surface area contributed by atoms with E-state index >= 15 is 0 Å². The molecular weight excluding hydrogens is 554 g/mol. The number of carbonyl (C=O) groups excluding carboxylic acids is 1. The van der Waals surface area contributed by atoms with Gasteiger partial charge in [0.2, 0.25) is 5.95 Å². The molecule has 0 unspecified atom stereocenters. The number of rotatable bonds is 6. The molecule has 7 nitrogen and oxygen atoms in total. The second-order valence-corrected chi connectivity index (χ2v) is 11.3. The lowest BCUT2D eigenvalue weighted by Gasteiger charge is -2.30. The molecule has 0 spiro atoms. The van der Waals surface area contributed by atoms with Crippen molar-refractivity contribution in [3.63, 3.8) is 0 Å². The average molecular weight is 584 g/mol. The van der Waals surface area contributed by atoms with Gasteiger partial charge in [-0.3, -0.25) is 9.36 Å². The van der Waals surface area contributed by atoms with Gasteiger partial charge in [0.25, 0.3) is 5.91 Å². The molecule has 1 amide bonds. The van der Waals surface area contributed by atoms with E-state index in [2.05, 4.69) is 20.2 Å². The molecule has 12 heteroatoms. The second kappa shape index (κ2) is 11.5. The Morgan fingerprint density at radius 3 is 2.41 bits per heavy atom. The van der Waals surface area contributed by atoms with Crippen LogP contribution in [-0.2, 0) is 6.18 Å². The first-order chi connectivity index (χ1) is 18.6. The molecule has 2 heterocycles. The first kappa shape index (κ1) is 28.0. The summed E-state index contributed by atoms with van der Waals surface area (Å²) in [6.07, 6.45) is 1.40. The van der Waals surface area contributed by atoms with E-state index in [0.717, 1.165) is 73.8 Å². The highest BCUT2D eigenvalue weighted by molar-refractivity contribution is 6.33. The fourth-order valence-corrected chi connectivity index (χ4v) is 5.97. The van der Waals surface area contributed by atoms with Gasteiger partial charge in [0.1, 0.15) is 10.7 Å². The summed E-state index contributed by atoms with van der Waals surface area (Å²) in [5.74, 6) is 0.481. The van der Waals surface area contributed by atoms with Crippen molar-refractivity contribution >= 4 is 46.2 Å². The molecule has 2 fully saturated rings. The Labute approximate surface area is 234 Å². The lowest BCUT2D eigenvalue weighted by atomic mass is 9.86. The molecule has 2 aliphatic carbocycles. The molecule has 0 aliphatic heterocycles. The van der Waals surface area contributed by atoms with Crippen molar-refractivity contribution in [1.29, 1.82) is 0 Å². The number of alkyl halides is 3. The highest BCUT2D eigenvalue weighted by Gasteiger charge is 2.32. The SMILES string of the molecule is O=C(N[C@H]1CC[C@H](CNc2nc3ccc(Cl)nc3n2C2CCC(O)CC2)CC1)c1cc(C(F)(F)F)ccc1Cl. The maximum absolute atomic E-state index is 13.1. The fourth-order valence-electron chi connectivity index (χ4n) is 5.62. The van der Waals surface area contributed by atoms with Crippen LogP contribution in [0.15, 0.2) is 30.3 Å². The summed E-state index contributed by atoms with van der Waals surface area (Å²) in [7, 11) is 0. The number of amides is 1. The number of hydrogen-bond donors (Lipinski definition) is 3. The smallest absolute Gasteiger partial charge is 0.393 e. The maximum atomic E-state index is 13.1. The van der Waals surface area contributed by atoms with Crippen molar-refractivity contribution in [3.8, 4) is 0 Å². The molecule has 0 bridgehead atoms. The lowest BCUT2D eigenvalue weighted by molar-refractivity contribution is -0.137. The summed E-state index contributed by atoms with van der Waals surface area (Å²) in [5, 5.41) is 16.7. The highest BCUT2D eigenvalue weighted by Crippen LogP contribution is 2.35. The third-order valence-corrected chi connectivity index (χ3v) is 8.34. The van der Waals surface area contributed by atoms with Gasteiger partial charge in [-0.2, -0.15) is 13.2 Å². The van der Waals surface area contributed by atoms with Crippen molar-refractivity contribution in [2.45, 2.75) is 75.7 Å². The number of aromatic nitrogens is 3. The summed E-state index contributed by atoms with van der Waals surface area (Å²) in [6, 6.07) is 6.38. The average Bonchev–Trinajstić information content (AvgIpc) is 3.25. The summed E-state index contributed by atoms with van der Waals surface area (Å²) < 4.78 is 41.3. The number of anilines is 1. The predicted molar refractivity (Wildman–Crippen MR) is 144 cm³/mol. The van der Waals surface area contributed by atoms with E-state index < -0.39 is 17.6 Å². The van der Waals surface area contributed by atoms with Crippen molar-refractivity contribution in [3.05, 3.63) is 51.6 Å². The van der Waals surface area contributed by atoms with E-state index in [-0.39, 0.29) is 28.8 Å². The van der Waals surface area contributed by atoms with Crippen LogP contribution < -0.4 is 10.6 Å². The van der Waals surface area contributed by atoms with Gasteiger partial charge in [-0.05, 0) is 87.6 Å². The number of aliphatic hydroxyl groups is 1. The summed E-state index contributed by atoms with van der Waals surface area (Å²) in [4.78, 5) is 22.0. The van der Waals surface area contributed by atoms with E-state index in [9.17, 15) is 23.1 Å². The van der Waals surface area contributed by atoms with E-state index in [0.29, 0.717) is 30.5 Å². The zero-order chi connectivity index (χ0) is 27.7. The molecule has 210 valence electrons. The number of fused-ring (bicyclic) bond motifs is 1. The van der Waals surface area contributed by atoms with Gasteiger partial charge in [-0.25, -0.2) is 9.97 Å². The van der Waals surface area contributed by atoms with Crippen molar-refractivity contribution in [1.82, 2.24) is 19.9 Å². The lowest BCUT2D eigenvalue weighted by Crippen LogP contribution is -2.38. The number of aliphatic hydroxyl groups excluding tert-OH is 1. The van der Waals surface area contributed by atoms with Gasteiger partial charge < -0.3 is 15.7 Å². The zero-order valence-electron chi connectivity index (χ0n) is 21.1. The number of halogens is 5. The summed E-state index contributed by atoms with van der Waals surface area (Å²) >= 11 is 12.2. The first-order valence-corrected chi connectivity index (χ1v) is 14.0. The summed E-state index contributed by atoms with van der Waals surface area (Å²) in [6.45, 7) is 0.687.